The number of methoxy groups -OCH3 is 1. The SMILES string of the molecule is COc1ccc(C(=O)NC2CCC(N(C)c3cccc4nc(C(F)(F)F)cn34)CC2)cc1. The molecule has 1 N–H and O–H groups in total. The molecule has 9 heteroatoms. The standard InChI is InChI=1S/C23H25F3N4O2/c1-29(21-5-3-4-20-28-19(14-30(20)21)23(24,25)26)17-10-8-16(9-11-17)27-22(31)15-6-12-18(32-2)13-7-15/h3-7,12-14,16-17H,8-11H2,1-2H3,(H,27,31). The summed E-state index contributed by atoms with van der Waals surface area (Å²) in [6, 6.07) is 12.3. The highest BCUT2D eigenvalue weighted by Crippen LogP contribution is 2.31. The predicted octanol–water partition coefficient (Wildman–Crippen LogP) is 4.54. The third-order valence-corrected chi connectivity index (χ3v) is 6.05. The lowest BCUT2D eigenvalue weighted by Crippen LogP contribution is -2.43. The number of hydrogen-bond acceptors (Lipinski definition) is 4. The zero-order valence-corrected chi connectivity index (χ0v) is 17.9. The zero-order chi connectivity index (χ0) is 22.9. The molecule has 2 aromatic heterocycles. The Balaban J connectivity index is 1.40. The minimum atomic E-state index is -4.48. The summed E-state index contributed by atoms with van der Waals surface area (Å²) in [5.74, 6) is 1.24. The fourth-order valence-corrected chi connectivity index (χ4v) is 4.23. The Morgan fingerprint density at radius 1 is 1.12 bits per heavy atom. The molecule has 1 amide bonds. The van der Waals surface area contributed by atoms with Crippen LogP contribution in [0.1, 0.15) is 41.7 Å². The molecule has 1 aliphatic rings. The van der Waals surface area contributed by atoms with Crippen LogP contribution in [-0.2, 0) is 6.18 Å². The van der Waals surface area contributed by atoms with E-state index in [-0.39, 0.29) is 23.6 Å². The van der Waals surface area contributed by atoms with Gasteiger partial charge in [0.05, 0.1) is 7.11 Å². The smallest absolute Gasteiger partial charge is 0.434 e. The first-order valence-electron chi connectivity index (χ1n) is 10.5. The largest absolute Gasteiger partial charge is 0.497 e. The molecule has 1 saturated carbocycles. The monoisotopic (exact) mass is 446 g/mol. The van der Waals surface area contributed by atoms with Gasteiger partial charge in [0.25, 0.3) is 5.91 Å². The number of anilines is 1. The van der Waals surface area contributed by atoms with Gasteiger partial charge in [-0.3, -0.25) is 9.20 Å². The van der Waals surface area contributed by atoms with Crippen molar-refractivity contribution >= 4 is 17.4 Å². The molecule has 0 atom stereocenters. The predicted molar refractivity (Wildman–Crippen MR) is 115 cm³/mol. The van der Waals surface area contributed by atoms with E-state index in [0.29, 0.717) is 17.1 Å². The quantitative estimate of drug-likeness (QED) is 0.625. The third-order valence-electron chi connectivity index (χ3n) is 6.05. The highest BCUT2D eigenvalue weighted by molar-refractivity contribution is 5.94. The van der Waals surface area contributed by atoms with E-state index in [2.05, 4.69) is 10.3 Å². The van der Waals surface area contributed by atoms with Crippen molar-refractivity contribution in [3.63, 3.8) is 0 Å². The Bertz CT molecular complexity index is 1090. The van der Waals surface area contributed by atoms with E-state index in [1.54, 1.807) is 49.6 Å². The van der Waals surface area contributed by atoms with E-state index in [1.807, 2.05) is 11.9 Å². The van der Waals surface area contributed by atoms with Crippen molar-refractivity contribution in [2.75, 3.05) is 19.1 Å². The van der Waals surface area contributed by atoms with Crippen molar-refractivity contribution in [1.29, 1.82) is 0 Å². The van der Waals surface area contributed by atoms with Crippen LogP contribution >= 0.6 is 0 Å². The number of pyridine rings is 1. The molecule has 170 valence electrons. The number of hydrogen-bond donors (Lipinski definition) is 1. The maximum Gasteiger partial charge on any atom is 0.434 e. The number of amides is 1. The van der Waals surface area contributed by atoms with Crippen molar-refractivity contribution in [2.24, 2.45) is 0 Å². The molecule has 0 radical (unpaired) electrons. The van der Waals surface area contributed by atoms with Crippen LogP contribution < -0.4 is 15.0 Å². The van der Waals surface area contributed by atoms with E-state index in [1.165, 1.54) is 4.40 Å². The summed E-state index contributed by atoms with van der Waals surface area (Å²) >= 11 is 0. The van der Waals surface area contributed by atoms with Gasteiger partial charge in [-0.25, -0.2) is 4.98 Å². The highest BCUT2D eigenvalue weighted by Gasteiger charge is 2.34. The molecule has 0 aliphatic heterocycles. The number of halogens is 3. The highest BCUT2D eigenvalue weighted by atomic mass is 19.4. The maximum absolute atomic E-state index is 13.1. The van der Waals surface area contributed by atoms with Gasteiger partial charge in [0.15, 0.2) is 5.69 Å². The van der Waals surface area contributed by atoms with E-state index < -0.39 is 11.9 Å². The Morgan fingerprint density at radius 2 is 1.81 bits per heavy atom. The van der Waals surface area contributed by atoms with Crippen LogP contribution in [-0.4, -0.2) is 41.5 Å². The number of imidazole rings is 1. The normalized spacial score (nSPS) is 19.0. The van der Waals surface area contributed by atoms with Gasteiger partial charge in [-0.05, 0) is 62.1 Å². The summed E-state index contributed by atoms with van der Waals surface area (Å²) in [7, 11) is 3.47. The maximum atomic E-state index is 13.1. The van der Waals surface area contributed by atoms with Gasteiger partial charge in [0.2, 0.25) is 0 Å². The topological polar surface area (TPSA) is 58.9 Å². The minimum Gasteiger partial charge on any atom is -0.497 e. The number of alkyl halides is 3. The second-order valence-electron chi connectivity index (χ2n) is 8.05. The van der Waals surface area contributed by atoms with Gasteiger partial charge < -0.3 is 15.0 Å². The summed E-state index contributed by atoms with van der Waals surface area (Å²) in [4.78, 5) is 18.2. The number of benzene rings is 1. The van der Waals surface area contributed by atoms with Crippen LogP contribution in [0.5, 0.6) is 5.75 Å². The van der Waals surface area contributed by atoms with Crippen molar-refractivity contribution in [3.8, 4) is 5.75 Å². The molecule has 32 heavy (non-hydrogen) atoms. The molecule has 3 aromatic rings. The average molecular weight is 446 g/mol. The molecular weight excluding hydrogens is 421 g/mol. The average Bonchev–Trinajstić information content (AvgIpc) is 3.24. The second-order valence-corrected chi connectivity index (χ2v) is 8.05. The first-order chi connectivity index (χ1) is 15.3. The molecule has 0 spiro atoms. The van der Waals surface area contributed by atoms with Crippen molar-refractivity contribution in [3.05, 3.63) is 59.9 Å². The summed E-state index contributed by atoms with van der Waals surface area (Å²) < 4.78 is 45.9. The Hall–Kier alpha value is -3.23. The first kappa shape index (κ1) is 22.0. The lowest BCUT2D eigenvalue weighted by atomic mass is 9.90. The van der Waals surface area contributed by atoms with E-state index in [4.69, 9.17) is 4.74 Å². The van der Waals surface area contributed by atoms with Gasteiger partial charge in [0, 0.05) is 30.9 Å². The number of nitrogens with one attached hydrogen (secondary N) is 1. The van der Waals surface area contributed by atoms with E-state index in [0.717, 1.165) is 31.9 Å². The fourth-order valence-electron chi connectivity index (χ4n) is 4.23. The lowest BCUT2D eigenvalue weighted by Gasteiger charge is -2.36. The van der Waals surface area contributed by atoms with Gasteiger partial charge in [-0.2, -0.15) is 13.2 Å². The van der Waals surface area contributed by atoms with Gasteiger partial charge in [0.1, 0.15) is 17.2 Å². The number of carbonyl (C=O) groups is 1. The lowest BCUT2D eigenvalue weighted by molar-refractivity contribution is -0.140. The Morgan fingerprint density at radius 3 is 2.44 bits per heavy atom. The molecule has 4 rings (SSSR count). The zero-order valence-electron chi connectivity index (χ0n) is 17.9. The van der Waals surface area contributed by atoms with Crippen LogP contribution in [0.2, 0.25) is 0 Å². The molecule has 0 saturated heterocycles. The molecule has 1 fully saturated rings. The molecule has 1 aromatic carbocycles. The Kier molecular flexibility index (Phi) is 5.99. The third kappa shape index (κ3) is 4.51. The first-order valence-corrected chi connectivity index (χ1v) is 10.5. The number of fused-ring (bicyclic) bond motifs is 1. The van der Waals surface area contributed by atoms with Crippen LogP contribution in [0.4, 0.5) is 19.0 Å². The number of ether oxygens (including phenoxy) is 1. The number of aromatic nitrogens is 2. The van der Waals surface area contributed by atoms with Gasteiger partial charge in [-0.1, -0.05) is 6.07 Å². The molecule has 6 nitrogen and oxygen atoms in total. The molecule has 1 aliphatic carbocycles. The van der Waals surface area contributed by atoms with Crippen molar-refractivity contribution < 1.29 is 22.7 Å². The number of rotatable bonds is 5. The minimum absolute atomic E-state index is 0.0649. The second kappa shape index (κ2) is 8.72. The van der Waals surface area contributed by atoms with E-state index in [9.17, 15) is 18.0 Å². The number of nitrogens with zero attached hydrogens (tertiary/aromatic N) is 3. The van der Waals surface area contributed by atoms with Crippen LogP contribution in [0.3, 0.4) is 0 Å². The summed E-state index contributed by atoms with van der Waals surface area (Å²) in [5.41, 5.74) is -0.0530. The van der Waals surface area contributed by atoms with Gasteiger partial charge >= 0.3 is 6.18 Å². The summed E-state index contributed by atoms with van der Waals surface area (Å²) in [6.07, 6.45) is -0.207. The molecule has 0 unspecified atom stereocenters. The van der Waals surface area contributed by atoms with Crippen molar-refractivity contribution in [1.82, 2.24) is 14.7 Å². The molecule has 0 bridgehead atoms. The van der Waals surface area contributed by atoms with Crippen LogP contribution in [0, 0.1) is 0 Å². The summed E-state index contributed by atoms with van der Waals surface area (Å²) in [5, 5.41) is 3.08. The fraction of sp³-hybridized carbons (Fsp3) is 0.391. The van der Waals surface area contributed by atoms with Gasteiger partial charge in [-0.15, -0.1) is 0 Å². The number of carbonyl (C=O) groups excluding carboxylic acids is 1. The Labute approximate surface area is 184 Å². The summed E-state index contributed by atoms with van der Waals surface area (Å²) in [6.45, 7) is 0. The molecule has 2 heterocycles. The molecular formula is C23H25F3N4O2. The van der Waals surface area contributed by atoms with Crippen LogP contribution in [0.25, 0.3) is 5.65 Å². The van der Waals surface area contributed by atoms with E-state index >= 15 is 0 Å². The van der Waals surface area contributed by atoms with Crippen LogP contribution in [0.15, 0.2) is 48.7 Å². The van der Waals surface area contributed by atoms with Crippen molar-refractivity contribution in [2.45, 2.75) is 43.9 Å².